The fraction of sp³-hybridized carbons (Fsp3) is 0.292. The van der Waals surface area contributed by atoms with Gasteiger partial charge in [-0.3, -0.25) is 4.79 Å². The highest BCUT2D eigenvalue weighted by Crippen LogP contribution is 2.35. The molecule has 0 spiro atoms. The van der Waals surface area contributed by atoms with Gasteiger partial charge in [-0.25, -0.2) is 14.6 Å². The maximum atomic E-state index is 12.4. The third kappa shape index (κ3) is 5.22. The second-order valence-corrected chi connectivity index (χ2v) is 7.92. The molecule has 2 aromatic heterocycles. The average molecular weight is 462 g/mol. The van der Waals surface area contributed by atoms with Crippen LogP contribution in [0.1, 0.15) is 32.4 Å². The molecule has 0 saturated carbocycles. The molecule has 0 aliphatic rings. The predicted molar refractivity (Wildman–Crippen MR) is 130 cm³/mol. The quantitative estimate of drug-likeness (QED) is 0.382. The molecule has 0 aliphatic heterocycles. The topological polar surface area (TPSA) is 116 Å². The highest BCUT2D eigenvalue weighted by atomic mass is 16.5. The molecule has 0 bridgehead atoms. The van der Waals surface area contributed by atoms with Crippen LogP contribution in [0.3, 0.4) is 0 Å². The van der Waals surface area contributed by atoms with Crippen molar-refractivity contribution in [2.45, 2.75) is 33.2 Å². The lowest BCUT2D eigenvalue weighted by Gasteiger charge is -2.14. The average Bonchev–Trinajstić information content (AvgIpc) is 3.29. The summed E-state index contributed by atoms with van der Waals surface area (Å²) in [6.07, 6.45) is 3.28. The van der Waals surface area contributed by atoms with E-state index in [4.69, 9.17) is 9.47 Å². The molecule has 0 unspecified atom stereocenters. The molecule has 1 amide bonds. The van der Waals surface area contributed by atoms with Gasteiger partial charge in [0.1, 0.15) is 30.2 Å². The van der Waals surface area contributed by atoms with Gasteiger partial charge in [-0.1, -0.05) is 19.1 Å². The van der Waals surface area contributed by atoms with E-state index < -0.39 is 0 Å². The number of methoxy groups -OCH3 is 1. The fourth-order valence-electron chi connectivity index (χ4n) is 3.39. The number of carbonyl (C=O) groups excluding carboxylic acids is 1. The first-order chi connectivity index (χ1) is 16.5. The van der Waals surface area contributed by atoms with E-state index in [1.807, 2.05) is 57.2 Å². The fourth-order valence-corrected chi connectivity index (χ4v) is 3.39. The highest BCUT2D eigenvalue weighted by molar-refractivity contribution is 5.97. The highest BCUT2D eigenvalue weighted by Gasteiger charge is 2.13. The maximum Gasteiger partial charge on any atom is 0.246 e. The van der Waals surface area contributed by atoms with Crippen molar-refractivity contribution in [2.75, 3.05) is 24.4 Å². The zero-order chi connectivity index (χ0) is 24.1. The van der Waals surface area contributed by atoms with Crippen molar-refractivity contribution in [2.24, 2.45) is 0 Å². The van der Waals surface area contributed by atoms with E-state index in [0.717, 1.165) is 16.8 Å². The molecule has 10 nitrogen and oxygen atoms in total. The Labute approximate surface area is 197 Å². The molecule has 4 aromatic rings. The minimum absolute atomic E-state index is 0.0936. The van der Waals surface area contributed by atoms with E-state index in [1.165, 1.54) is 11.0 Å². The third-order valence-corrected chi connectivity index (χ3v) is 5.10. The van der Waals surface area contributed by atoms with Gasteiger partial charge >= 0.3 is 0 Å². The first-order valence-electron chi connectivity index (χ1n) is 11.0. The normalized spacial score (nSPS) is 11.0. The van der Waals surface area contributed by atoms with Gasteiger partial charge in [0.2, 0.25) is 5.91 Å². The summed E-state index contributed by atoms with van der Waals surface area (Å²) in [6, 6.07) is 11.0. The Balaban J connectivity index is 1.47. The van der Waals surface area contributed by atoms with Crippen molar-refractivity contribution in [3.63, 3.8) is 0 Å². The molecule has 2 aromatic carbocycles. The number of hydrogen-bond donors (Lipinski definition) is 2. The molecule has 176 valence electrons. The van der Waals surface area contributed by atoms with Gasteiger partial charge in [-0.05, 0) is 37.1 Å². The van der Waals surface area contributed by atoms with Gasteiger partial charge in [0, 0.05) is 29.7 Å². The van der Waals surface area contributed by atoms with Crippen LogP contribution < -0.4 is 20.1 Å². The van der Waals surface area contributed by atoms with Crippen molar-refractivity contribution < 1.29 is 14.3 Å². The number of nitrogens with one attached hydrogen (secondary N) is 2. The van der Waals surface area contributed by atoms with Crippen LogP contribution in [0, 0.1) is 0 Å². The molecule has 0 saturated heterocycles. The van der Waals surface area contributed by atoms with E-state index in [-0.39, 0.29) is 18.4 Å². The molecule has 0 aliphatic carbocycles. The number of ether oxygens (including phenoxy) is 2. The SMILES string of the molecule is CCOc1cc(OC)cc2ncnc(Nc3ccc(NC(=O)Cn4cc(C(C)C)nn4)cc3)c12. The Morgan fingerprint density at radius 2 is 1.88 bits per heavy atom. The molecule has 4 rings (SSSR count). The number of fused-ring (bicyclic) bond motifs is 1. The molecule has 10 heteroatoms. The van der Waals surface area contributed by atoms with Gasteiger partial charge in [0.05, 0.1) is 30.3 Å². The van der Waals surface area contributed by atoms with E-state index >= 15 is 0 Å². The summed E-state index contributed by atoms with van der Waals surface area (Å²) in [5, 5.41) is 15.0. The summed E-state index contributed by atoms with van der Waals surface area (Å²) in [4.78, 5) is 21.1. The summed E-state index contributed by atoms with van der Waals surface area (Å²) in [6.45, 7) is 6.57. The second kappa shape index (κ2) is 10.2. The van der Waals surface area contributed by atoms with Crippen LogP contribution in [-0.2, 0) is 11.3 Å². The zero-order valence-electron chi connectivity index (χ0n) is 19.6. The Hall–Kier alpha value is -4.21. The Morgan fingerprint density at radius 1 is 1.12 bits per heavy atom. The number of anilines is 3. The number of amides is 1. The van der Waals surface area contributed by atoms with Crippen LogP contribution >= 0.6 is 0 Å². The third-order valence-electron chi connectivity index (χ3n) is 5.10. The minimum atomic E-state index is -0.182. The summed E-state index contributed by atoms with van der Waals surface area (Å²) < 4.78 is 12.7. The number of carbonyl (C=O) groups is 1. The molecular weight excluding hydrogens is 434 g/mol. The van der Waals surface area contributed by atoms with Crippen molar-refractivity contribution in [1.82, 2.24) is 25.0 Å². The van der Waals surface area contributed by atoms with E-state index in [0.29, 0.717) is 35.1 Å². The van der Waals surface area contributed by atoms with Gasteiger partial charge < -0.3 is 20.1 Å². The van der Waals surface area contributed by atoms with Crippen LogP contribution in [0.5, 0.6) is 11.5 Å². The van der Waals surface area contributed by atoms with Crippen LogP contribution in [0.15, 0.2) is 48.9 Å². The molecule has 0 fully saturated rings. The molecule has 2 N–H and O–H groups in total. The smallest absolute Gasteiger partial charge is 0.246 e. The second-order valence-electron chi connectivity index (χ2n) is 7.92. The monoisotopic (exact) mass is 461 g/mol. The van der Waals surface area contributed by atoms with Crippen molar-refractivity contribution in [3.05, 3.63) is 54.6 Å². The molecule has 0 atom stereocenters. The van der Waals surface area contributed by atoms with Crippen LogP contribution in [0.25, 0.3) is 10.9 Å². The standard InChI is InChI=1S/C24H27N7O3/c1-5-34-21-11-18(33-4)10-19-23(21)24(26-14-25-19)28-17-8-6-16(7-9-17)27-22(32)13-31-12-20(15(2)3)29-30-31/h6-12,14-15H,5,13H2,1-4H3,(H,27,32)(H,25,26,28). The van der Waals surface area contributed by atoms with Gasteiger partial charge in [0.25, 0.3) is 0 Å². The summed E-state index contributed by atoms with van der Waals surface area (Å²) in [5.74, 6) is 1.98. The van der Waals surface area contributed by atoms with Gasteiger partial charge in [-0.15, -0.1) is 5.10 Å². The Kier molecular flexibility index (Phi) is 6.86. The maximum absolute atomic E-state index is 12.4. The Morgan fingerprint density at radius 3 is 2.56 bits per heavy atom. The zero-order valence-corrected chi connectivity index (χ0v) is 19.6. The molecular formula is C24H27N7O3. The lowest BCUT2D eigenvalue weighted by atomic mass is 10.2. The number of hydrogen-bond acceptors (Lipinski definition) is 8. The summed E-state index contributed by atoms with van der Waals surface area (Å²) in [7, 11) is 1.60. The minimum Gasteiger partial charge on any atom is -0.497 e. The van der Waals surface area contributed by atoms with Crippen molar-refractivity contribution in [1.29, 1.82) is 0 Å². The largest absolute Gasteiger partial charge is 0.497 e. The number of aromatic nitrogens is 5. The van der Waals surface area contributed by atoms with Gasteiger partial charge in [0.15, 0.2) is 0 Å². The van der Waals surface area contributed by atoms with Gasteiger partial charge in [-0.2, -0.15) is 0 Å². The number of rotatable bonds is 9. The molecule has 34 heavy (non-hydrogen) atoms. The summed E-state index contributed by atoms with van der Waals surface area (Å²) >= 11 is 0. The Bertz CT molecular complexity index is 1290. The van der Waals surface area contributed by atoms with Crippen LogP contribution in [0.4, 0.5) is 17.2 Å². The lowest BCUT2D eigenvalue weighted by Crippen LogP contribution is -2.19. The van der Waals surface area contributed by atoms with Crippen LogP contribution in [0.2, 0.25) is 0 Å². The molecule has 2 heterocycles. The van der Waals surface area contributed by atoms with Crippen molar-refractivity contribution in [3.8, 4) is 11.5 Å². The van der Waals surface area contributed by atoms with Crippen LogP contribution in [-0.4, -0.2) is 44.6 Å². The van der Waals surface area contributed by atoms with E-state index in [2.05, 4.69) is 30.9 Å². The van der Waals surface area contributed by atoms with E-state index in [1.54, 1.807) is 13.3 Å². The first-order valence-corrected chi connectivity index (χ1v) is 11.0. The molecule has 0 radical (unpaired) electrons. The first kappa shape index (κ1) is 23.0. The van der Waals surface area contributed by atoms with E-state index in [9.17, 15) is 4.79 Å². The number of nitrogens with zero attached hydrogens (tertiary/aromatic N) is 5. The number of benzene rings is 2. The van der Waals surface area contributed by atoms with Crippen molar-refractivity contribution >= 4 is 34.0 Å². The summed E-state index contributed by atoms with van der Waals surface area (Å²) in [5.41, 5.74) is 3.03. The lowest BCUT2D eigenvalue weighted by molar-refractivity contribution is -0.116. The predicted octanol–water partition coefficient (Wildman–Crippen LogP) is 4.13.